The Hall–Kier alpha value is -2.11. The van der Waals surface area contributed by atoms with Gasteiger partial charge in [0.25, 0.3) is 5.91 Å². The van der Waals surface area contributed by atoms with Crippen molar-refractivity contribution >= 4 is 17.8 Å². The zero-order chi connectivity index (χ0) is 15.5. The molecule has 1 aliphatic heterocycles. The minimum absolute atomic E-state index is 0.228. The molecule has 0 aromatic carbocycles. The maximum Gasteiger partial charge on any atom is 0.325 e. The molecule has 1 saturated carbocycles. The Balaban J connectivity index is 2.06. The van der Waals surface area contributed by atoms with Crippen LogP contribution < -0.4 is 5.32 Å². The standard InChI is InChI=1S/C15H21N3O3/c1-3-9-17(10-4-2)12(19)11-18-13(20)15(16-14(18)21)7-5-6-8-15/h3-4H,1-2,5-11H2,(H,16,21). The Bertz CT molecular complexity index is 471. The first-order valence-electron chi connectivity index (χ1n) is 7.18. The predicted octanol–water partition coefficient (Wildman–Crippen LogP) is 1.05. The minimum atomic E-state index is -0.765. The highest BCUT2D eigenvalue weighted by Gasteiger charge is 2.52. The van der Waals surface area contributed by atoms with Gasteiger partial charge in [0.15, 0.2) is 0 Å². The van der Waals surface area contributed by atoms with Crippen molar-refractivity contribution in [2.24, 2.45) is 0 Å². The van der Waals surface area contributed by atoms with Gasteiger partial charge in [-0.25, -0.2) is 4.79 Å². The fourth-order valence-electron chi connectivity index (χ4n) is 2.96. The van der Waals surface area contributed by atoms with Crippen LogP contribution in [0.1, 0.15) is 25.7 Å². The van der Waals surface area contributed by atoms with Crippen molar-refractivity contribution in [3.63, 3.8) is 0 Å². The zero-order valence-corrected chi connectivity index (χ0v) is 12.1. The molecule has 6 heteroatoms. The zero-order valence-electron chi connectivity index (χ0n) is 12.1. The third-order valence-corrected chi connectivity index (χ3v) is 4.05. The summed E-state index contributed by atoms with van der Waals surface area (Å²) in [7, 11) is 0. The number of hydrogen-bond donors (Lipinski definition) is 1. The second-order valence-electron chi connectivity index (χ2n) is 5.49. The molecule has 114 valence electrons. The van der Waals surface area contributed by atoms with Crippen molar-refractivity contribution < 1.29 is 14.4 Å². The molecule has 0 radical (unpaired) electrons. The van der Waals surface area contributed by atoms with Gasteiger partial charge < -0.3 is 10.2 Å². The van der Waals surface area contributed by atoms with Gasteiger partial charge in [-0.05, 0) is 12.8 Å². The summed E-state index contributed by atoms with van der Waals surface area (Å²) < 4.78 is 0. The number of nitrogens with one attached hydrogen (secondary N) is 1. The lowest BCUT2D eigenvalue weighted by molar-refractivity contribution is -0.138. The molecule has 0 bridgehead atoms. The van der Waals surface area contributed by atoms with Crippen LogP contribution in [-0.4, -0.2) is 52.8 Å². The second kappa shape index (κ2) is 6.11. The van der Waals surface area contributed by atoms with E-state index in [0.717, 1.165) is 17.7 Å². The highest BCUT2D eigenvalue weighted by atomic mass is 16.2. The molecule has 1 spiro atoms. The first kappa shape index (κ1) is 15.3. The summed E-state index contributed by atoms with van der Waals surface area (Å²) in [6.45, 7) is 7.69. The Morgan fingerprint density at radius 2 is 1.81 bits per heavy atom. The van der Waals surface area contributed by atoms with E-state index in [0.29, 0.717) is 25.9 Å². The summed E-state index contributed by atoms with van der Waals surface area (Å²) in [5.41, 5.74) is -0.765. The molecule has 0 aromatic heterocycles. The van der Waals surface area contributed by atoms with Gasteiger partial charge in [-0.1, -0.05) is 25.0 Å². The summed E-state index contributed by atoms with van der Waals surface area (Å²) in [6.07, 6.45) is 6.37. The molecule has 4 amide bonds. The number of amides is 4. The van der Waals surface area contributed by atoms with Crippen LogP contribution in [0.3, 0.4) is 0 Å². The van der Waals surface area contributed by atoms with Crippen LogP contribution in [0.15, 0.2) is 25.3 Å². The molecule has 2 fully saturated rings. The number of urea groups is 1. The normalized spacial score (nSPS) is 19.7. The second-order valence-corrected chi connectivity index (χ2v) is 5.49. The van der Waals surface area contributed by atoms with Crippen LogP contribution in [-0.2, 0) is 9.59 Å². The maximum absolute atomic E-state index is 12.4. The molecule has 2 aliphatic rings. The summed E-state index contributed by atoms with van der Waals surface area (Å²) in [5, 5.41) is 2.76. The van der Waals surface area contributed by atoms with Crippen LogP contribution in [0.2, 0.25) is 0 Å². The van der Waals surface area contributed by atoms with E-state index in [1.54, 1.807) is 12.2 Å². The Kier molecular flexibility index (Phi) is 4.45. The van der Waals surface area contributed by atoms with Crippen molar-refractivity contribution in [1.29, 1.82) is 0 Å². The third kappa shape index (κ3) is 2.84. The highest BCUT2D eigenvalue weighted by molar-refractivity contribution is 6.09. The van der Waals surface area contributed by atoms with Gasteiger partial charge in [-0.2, -0.15) is 0 Å². The Morgan fingerprint density at radius 3 is 2.33 bits per heavy atom. The molecule has 1 aliphatic carbocycles. The van der Waals surface area contributed by atoms with Crippen LogP contribution in [0.25, 0.3) is 0 Å². The number of carbonyl (C=O) groups excluding carboxylic acids is 3. The minimum Gasteiger partial charge on any atom is -0.334 e. The quantitative estimate of drug-likeness (QED) is 0.587. The van der Waals surface area contributed by atoms with Crippen LogP contribution >= 0.6 is 0 Å². The Morgan fingerprint density at radius 1 is 1.24 bits per heavy atom. The first-order chi connectivity index (χ1) is 10.0. The molecular weight excluding hydrogens is 270 g/mol. The smallest absolute Gasteiger partial charge is 0.325 e. The molecule has 1 saturated heterocycles. The van der Waals surface area contributed by atoms with E-state index in [1.165, 1.54) is 4.90 Å². The molecule has 0 atom stereocenters. The van der Waals surface area contributed by atoms with Gasteiger partial charge in [0.1, 0.15) is 12.1 Å². The van der Waals surface area contributed by atoms with Crippen molar-refractivity contribution in [2.45, 2.75) is 31.2 Å². The first-order valence-corrected chi connectivity index (χ1v) is 7.18. The average molecular weight is 291 g/mol. The van der Waals surface area contributed by atoms with Crippen LogP contribution in [0, 0.1) is 0 Å². The fraction of sp³-hybridized carbons (Fsp3) is 0.533. The summed E-state index contributed by atoms with van der Waals surface area (Å²) in [5.74, 6) is -0.552. The molecule has 0 aromatic rings. The van der Waals surface area contributed by atoms with Crippen molar-refractivity contribution in [3.8, 4) is 0 Å². The summed E-state index contributed by atoms with van der Waals surface area (Å²) >= 11 is 0. The lowest BCUT2D eigenvalue weighted by Crippen LogP contribution is -2.46. The van der Waals surface area contributed by atoms with Gasteiger partial charge in [0.2, 0.25) is 5.91 Å². The van der Waals surface area contributed by atoms with Crippen molar-refractivity contribution in [2.75, 3.05) is 19.6 Å². The molecule has 21 heavy (non-hydrogen) atoms. The number of rotatable bonds is 6. The highest BCUT2D eigenvalue weighted by Crippen LogP contribution is 2.34. The van der Waals surface area contributed by atoms with Gasteiger partial charge >= 0.3 is 6.03 Å². The number of carbonyl (C=O) groups is 3. The van der Waals surface area contributed by atoms with Gasteiger partial charge in [-0.3, -0.25) is 14.5 Å². The molecule has 2 rings (SSSR count). The SMILES string of the molecule is C=CCN(CC=C)C(=O)CN1C(=O)NC2(CCCC2)C1=O. The lowest BCUT2D eigenvalue weighted by Gasteiger charge is -2.23. The maximum atomic E-state index is 12.4. The van der Waals surface area contributed by atoms with E-state index < -0.39 is 11.6 Å². The topological polar surface area (TPSA) is 69.7 Å². The average Bonchev–Trinajstić information content (AvgIpc) is 3.00. The lowest BCUT2D eigenvalue weighted by atomic mass is 9.98. The van der Waals surface area contributed by atoms with E-state index >= 15 is 0 Å². The van der Waals surface area contributed by atoms with E-state index in [1.807, 2.05) is 0 Å². The van der Waals surface area contributed by atoms with Gasteiger partial charge in [0, 0.05) is 13.1 Å². The monoisotopic (exact) mass is 291 g/mol. The van der Waals surface area contributed by atoms with E-state index in [-0.39, 0.29) is 18.4 Å². The van der Waals surface area contributed by atoms with E-state index in [2.05, 4.69) is 18.5 Å². The summed E-state index contributed by atoms with van der Waals surface area (Å²) in [6, 6.07) is -0.465. The van der Waals surface area contributed by atoms with Gasteiger partial charge in [-0.15, -0.1) is 13.2 Å². The fourth-order valence-corrected chi connectivity index (χ4v) is 2.96. The molecule has 1 heterocycles. The van der Waals surface area contributed by atoms with Crippen LogP contribution in [0.5, 0.6) is 0 Å². The van der Waals surface area contributed by atoms with Crippen molar-refractivity contribution in [1.82, 2.24) is 15.1 Å². The largest absolute Gasteiger partial charge is 0.334 e. The number of nitrogens with zero attached hydrogens (tertiary/aromatic N) is 2. The number of imide groups is 1. The Labute approximate surface area is 124 Å². The van der Waals surface area contributed by atoms with E-state index in [4.69, 9.17) is 0 Å². The third-order valence-electron chi connectivity index (χ3n) is 4.05. The van der Waals surface area contributed by atoms with Gasteiger partial charge in [0.05, 0.1) is 0 Å². The predicted molar refractivity (Wildman–Crippen MR) is 78.4 cm³/mol. The van der Waals surface area contributed by atoms with E-state index in [9.17, 15) is 14.4 Å². The molecular formula is C15H21N3O3. The molecule has 0 unspecified atom stereocenters. The number of hydrogen-bond acceptors (Lipinski definition) is 3. The van der Waals surface area contributed by atoms with Crippen LogP contribution in [0.4, 0.5) is 4.79 Å². The summed E-state index contributed by atoms with van der Waals surface area (Å²) in [4.78, 5) is 39.2. The molecule has 1 N–H and O–H groups in total. The molecule has 6 nitrogen and oxygen atoms in total. The van der Waals surface area contributed by atoms with Crippen molar-refractivity contribution in [3.05, 3.63) is 25.3 Å².